The highest BCUT2D eigenvalue weighted by Crippen LogP contribution is 2.34. The normalized spacial score (nSPS) is 14.0. The van der Waals surface area contributed by atoms with Crippen LogP contribution in [-0.4, -0.2) is 58.5 Å². The van der Waals surface area contributed by atoms with Gasteiger partial charge >= 0.3 is 0 Å². The maximum absolute atomic E-state index is 13.2. The quantitative estimate of drug-likeness (QED) is 0.201. The molecule has 1 fully saturated rings. The molecule has 2 aromatic heterocycles. The van der Waals surface area contributed by atoms with Crippen molar-refractivity contribution in [3.63, 3.8) is 0 Å². The number of nitrogens with zero attached hydrogens (tertiary/aromatic N) is 4. The molecule has 0 amide bonds. The fraction of sp³-hybridized carbons (Fsp3) is 0.393. The van der Waals surface area contributed by atoms with Crippen molar-refractivity contribution in [1.29, 1.82) is 0 Å². The zero-order valence-electron chi connectivity index (χ0n) is 23.2. The molecule has 1 aliphatic rings. The number of H-pyrrole nitrogens is 1. The van der Waals surface area contributed by atoms with E-state index < -0.39 is 10.0 Å². The van der Waals surface area contributed by atoms with E-state index in [9.17, 15) is 13.2 Å². The van der Waals surface area contributed by atoms with Crippen molar-refractivity contribution in [1.82, 2.24) is 24.6 Å². The number of likely N-dealkylation sites (tertiary alicyclic amines) is 1. The summed E-state index contributed by atoms with van der Waals surface area (Å²) in [5.74, 6) is 0.425. The number of fused-ring (bicyclic) bond motifs is 1. The number of nitrogens with one attached hydrogen (secondary N) is 2. The van der Waals surface area contributed by atoms with Gasteiger partial charge in [-0.3, -0.25) is 9.52 Å². The molecule has 2 N–H and O–H groups in total. The molecule has 9 nitrogen and oxygen atoms in total. The highest BCUT2D eigenvalue weighted by molar-refractivity contribution is 7.92. The molecule has 3 heterocycles. The molecule has 0 atom stereocenters. The Morgan fingerprint density at radius 1 is 1.05 bits per heavy atom. The maximum atomic E-state index is 13.2. The number of aromatic amines is 1. The Morgan fingerprint density at radius 3 is 2.31 bits per heavy atom. The van der Waals surface area contributed by atoms with E-state index >= 15 is 0 Å². The third-order valence-corrected chi connectivity index (χ3v) is 9.21. The molecule has 2 aromatic carbocycles. The Balaban J connectivity index is 0.00000405. The van der Waals surface area contributed by atoms with Gasteiger partial charge in [-0.1, -0.05) is 60.8 Å². The van der Waals surface area contributed by atoms with Crippen molar-refractivity contribution in [3.05, 3.63) is 78.9 Å². The lowest BCUT2D eigenvalue weighted by molar-refractivity contribution is 0.340. The minimum absolute atomic E-state index is 0. The van der Waals surface area contributed by atoms with Crippen LogP contribution in [0.1, 0.15) is 56.1 Å². The molecule has 14 heteroatoms. The summed E-state index contributed by atoms with van der Waals surface area (Å²) in [6, 6.07) is 10.1. The van der Waals surface area contributed by atoms with Crippen LogP contribution in [0.15, 0.2) is 41.2 Å². The summed E-state index contributed by atoms with van der Waals surface area (Å²) in [6.07, 6.45) is 3.26. The number of hydrogen-bond donors (Lipinski definition) is 2. The van der Waals surface area contributed by atoms with Gasteiger partial charge in [-0.25, -0.2) is 18.1 Å². The van der Waals surface area contributed by atoms with Gasteiger partial charge in [-0.2, -0.15) is 5.10 Å². The van der Waals surface area contributed by atoms with Gasteiger partial charge < -0.3 is 9.88 Å². The SMILES string of the molecule is CC(C)c1nn(-c2c(Cl)cc(Cl)cc2Cl)c2nc(Cc3ccc(NS(=O)(=O)CCCN4CCCC4)cc3)[nH]c(=O)c12.Cl. The van der Waals surface area contributed by atoms with Gasteiger partial charge in [0.15, 0.2) is 5.65 Å². The zero-order valence-corrected chi connectivity index (χ0v) is 27.1. The second kappa shape index (κ2) is 13.5. The third kappa shape index (κ3) is 7.41. The van der Waals surface area contributed by atoms with Crippen molar-refractivity contribution in [3.8, 4) is 5.69 Å². The van der Waals surface area contributed by atoms with E-state index in [2.05, 4.69) is 19.7 Å². The fourth-order valence-electron chi connectivity index (χ4n) is 5.08. The van der Waals surface area contributed by atoms with Gasteiger partial charge in [-0.15, -0.1) is 12.4 Å². The van der Waals surface area contributed by atoms with E-state index in [0.29, 0.717) is 51.8 Å². The lowest BCUT2D eigenvalue weighted by Gasteiger charge is -2.14. The first-order valence-electron chi connectivity index (χ1n) is 13.5. The van der Waals surface area contributed by atoms with Crippen LogP contribution in [0.3, 0.4) is 0 Å². The summed E-state index contributed by atoms with van der Waals surface area (Å²) in [7, 11) is -3.45. The first-order chi connectivity index (χ1) is 19.5. The van der Waals surface area contributed by atoms with Gasteiger partial charge in [0.2, 0.25) is 10.0 Å². The number of benzene rings is 2. The molecule has 0 aliphatic carbocycles. The van der Waals surface area contributed by atoms with Crippen LogP contribution >= 0.6 is 47.2 Å². The largest absolute Gasteiger partial charge is 0.310 e. The van der Waals surface area contributed by atoms with E-state index in [4.69, 9.17) is 39.8 Å². The molecule has 0 unspecified atom stereocenters. The summed E-state index contributed by atoms with van der Waals surface area (Å²) >= 11 is 19.1. The van der Waals surface area contributed by atoms with Crippen molar-refractivity contribution in [2.45, 2.75) is 45.4 Å². The average molecular weight is 674 g/mol. The molecular formula is C28H32Cl4N6O3S. The van der Waals surface area contributed by atoms with E-state index in [0.717, 1.165) is 25.2 Å². The van der Waals surface area contributed by atoms with Gasteiger partial charge in [0.05, 0.1) is 21.5 Å². The highest BCUT2D eigenvalue weighted by Gasteiger charge is 2.23. The first-order valence-corrected chi connectivity index (χ1v) is 16.3. The molecule has 42 heavy (non-hydrogen) atoms. The van der Waals surface area contributed by atoms with Crippen LogP contribution in [0.5, 0.6) is 0 Å². The van der Waals surface area contributed by atoms with Crippen LogP contribution in [0, 0.1) is 0 Å². The number of rotatable bonds is 10. The lowest BCUT2D eigenvalue weighted by Crippen LogP contribution is -2.24. The third-order valence-electron chi connectivity index (χ3n) is 7.04. The van der Waals surface area contributed by atoms with E-state index in [-0.39, 0.29) is 39.7 Å². The predicted molar refractivity (Wildman–Crippen MR) is 173 cm³/mol. The topological polar surface area (TPSA) is 113 Å². The Kier molecular flexibility index (Phi) is 10.5. The minimum atomic E-state index is -3.45. The van der Waals surface area contributed by atoms with Gasteiger partial charge in [0.1, 0.15) is 16.9 Å². The molecule has 0 bridgehead atoms. The van der Waals surface area contributed by atoms with Gasteiger partial charge in [-0.05, 0) is 74.6 Å². The first kappa shape index (κ1) is 32.6. The van der Waals surface area contributed by atoms with Crippen LogP contribution in [0.2, 0.25) is 15.1 Å². The number of sulfonamides is 1. The lowest BCUT2D eigenvalue weighted by atomic mass is 10.1. The van der Waals surface area contributed by atoms with E-state index in [1.54, 1.807) is 36.4 Å². The molecule has 1 aliphatic heterocycles. The van der Waals surface area contributed by atoms with Crippen LogP contribution in [-0.2, 0) is 16.4 Å². The van der Waals surface area contributed by atoms with Crippen LogP contribution in [0.4, 0.5) is 5.69 Å². The van der Waals surface area contributed by atoms with Crippen molar-refractivity contribution in [2.75, 3.05) is 30.1 Å². The Hall–Kier alpha value is -2.34. The maximum Gasteiger partial charge on any atom is 0.262 e. The van der Waals surface area contributed by atoms with Crippen LogP contribution in [0.25, 0.3) is 16.7 Å². The number of anilines is 1. The number of halogens is 4. The van der Waals surface area contributed by atoms with Crippen molar-refractivity contribution >= 4 is 74.0 Å². The summed E-state index contributed by atoms with van der Waals surface area (Å²) in [6.45, 7) is 6.77. The van der Waals surface area contributed by atoms with E-state index in [1.165, 1.54) is 17.5 Å². The minimum Gasteiger partial charge on any atom is -0.310 e. The van der Waals surface area contributed by atoms with Gasteiger partial charge in [0, 0.05) is 17.1 Å². The summed E-state index contributed by atoms with van der Waals surface area (Å²) in [4.78, 5) is 23.2. The number of aromatic nitrogens is 4. The van der Waals surface area contributed by atoms with Gasteiger partial charge in [0.25, 0.3) is 5.56 Å². The zero-order chi connectivity index (χ0) is 29.3. The Bertz CT molecular complexity index is 1710. The fourth-order valence-corrected chi connectivity index (χ4v) is 7.16. The molecule has 0 saturated carbocycles. The Labute approximate surface area is 266 Å². The van der Waals surface area contributed by atoms with Crippen LogP contribution < -0.4 is 10.3 Å². The molecule has 226 valence electrons. The average Bonchev–Trinajstić information content (AvgIpc) is 3.53. The Morgan fingerprint density at radius 2 is 1.69 bits per heavy atom. The smallest absolute Gasteiger partial charge is 0.262 e. The molecule has 5 rings (SSSR count). The monoisotopic (exact) mass is 672 g/mol. The molecule has 4 aromatic rings. The molecule has 0 radical (unpaired) electrons. The standard InChI is InChI=1S/C28H31Cl3N6O3S.ClH/c1-17(2)25-24-27(37(34-25)26-21(30)15-19(29)16-22(26)31)32-23(33-28(24)38)14-18-6-8-20(9-7-18)35-41(39,40)13-5-12-36-10-3-4-11-36;/h6-9,15-17,35H,3-5,10-14H2,1-2H3,(H,32,33,38);1H. The molecule has 1 saturated heterocycles. The second-order valence-electron chi connectivity index (χ2n) is 10.6. The molecule has 0 spiro atoms. The summed E-state index contributed by atoms with van der Waals surface area (Å²) in [5, 5.41) is 5.96. The number of hydrogen-bond acceptors (Lipinski definition) is 6. The highest BCUT2D eigenvalue weighted by atomic mass is 35.5. The summed E-state index contributed by atoms with van der Waals surface area (Å²) < 4.78 is 29.3. The predicted octanol–water partition coefficient (Wildman–Crippen LogP) is 6.43. The van der Waals surface area contributed by atoms with Crippen molar-refractivity contribution < 1.29 is 8.42 Å². The molecular weight excluding hydrogens is 642 g/mol. The summed E-state index contributed by atoms with van der Waals surface area (Å²) in [5.41, 5.74) is 2.28. The second-order valence-corrected chi connectivity index (χ2v) is 13.7. The van der Waals surface area contributed by atoms with Crippen molar-refractivity contribution in [2.24, 2.45) is 0 Å². The van der Waals surface area contributed by atoms with E-state index in [1.807, 2.05) is 13.8 Å².